The summed E-state index contributed by atoms with van der Waals surface area (Å²) in [6.45, 7) is 2.93. The van der Waals surface area contributed by atoms with E-state index in [2.05, 4.69) is 0 Å². The lowest BCUT2D eigenvalue weighted by Gasteiger charge is -2.27. The number of morpholine rings is 1. The van der Waals surface area contributed by atoms with E-state index in [-0.39, 0.29) is 16.4 Å². The lowest BCUT2D eigenvalue weighted by atomic mass is 10.0. The molecule has 3 aromatic rings. The van der Waals surface area contributed by atoms with Crippen molar-refractivity contribution in [2.75, 3.05) is 63.8 Å². The fourth-order valence-electron chi connectivity index (χ4n) is 3.96. The monoisotopic (exact) mass is 487 g/mol. The van der Waals surface area contributed by atoms with Gasteiger partial charge in [-0.25, -0.2) is 4.39 Å². The number of likely N-dealkylation sites (N-methyl/N-ethyl adjacent to an activating group) is 1. The van der Waals surface area contributed by atoms with Crippen molar-refractivity contribution in [2.45, 2.75) is 6.42 Å². The molecule has 180 valence electrons. The maximum absolute atomic E-state index is 13.6. The summed E-state index contributed by atoms with van der Waals surface area (Å²) in [6.07, 6.45) is 0.492. The number of ether oxygens (including phenoxy) is 1. The molecule has 1 aliphatic rings. The Balaban J connectivity index is 1.73. The quantitative estimate of drug-likeness (QED) is 0.527. The van der Waals surface area contributed by atoms with Crippen LogP contribution in [0.2, 0.25) is 5.02 Å². The Morgan fingerprint density at radius 3 is 2.53 bits per heavy atom. The van der Waals surface area contributed by atoms with Crippen LogP contribution >= 0.6 is 11.6 Å². The predicted molar refractivity (Wildman–Crippen MR) is 132 cm³/mol. The Bertz CT molecular complexity index is 1270. The number of fused-ring (bicyclic) bond motifs is 1. The molecule has 0 bridgehead atoms. The molecule has 4 rings (SSSR count). The molecular formula is C25H27ClFN3O4. The van der Waals surface area contributed by atoms with Gasteiger partial charge in [0.2, 0.25) is 0 Å². The van der Waals surface area contributed by atoms with Gasteiger partial charge >= 0.3 is 0 Å². The SMILES string of the molecule is CN(C)C(=O)c1cc(CCN(C)c2ccc(F)c(Cl)c2)c2oc(N3CCOCC3)cc(=O)c2c1. The van der Waals surface area contributed by atoms with E-state index in [0.717, 1.165) is 11.3 Å². The minimum Gasteiger partial charge on any atom is -0.440 e. The minimum atomic E-state index is -0.475. The van der Waals surface area contributed by atoms with Crippen molar-refractivity contribution in [2.24, 2.45) is 0 Å². The Kier molecular flexibility index (Phi) is 7.09. The third-order valence-electron chi connectivity index (χ3n) is 5.93. The van der Waals surface area contributed by atoms with Gasteiger partial charge in [-0.3, -0.25) is 9.59 Å². The fraction of sp³-hybridized carbons (Fsp3) is 0.360. The summed E-state index contributed by atoms with van der Waals surface area (Å²) in [5, 5.41) is 0.418. The van der Waals surface area contributed by atoms with E-state index in [4.69, 9.17) is 20.8 Å². The first-order chi connectivity index (χ1) is 16.2. The second kappa shape index (κ2) is 10.0. The van der Waals surface area contributed by atoms with Crippen LogP contribution in [0.3, 0.4) is 0 Å². The van der Waals surface area contributed by atoms with Gasteiger partial charge < -0.3 is 23.9 Å². The molecule has 0 unspecified atom stereocenters. The van der Waals surface area contributed by atoms with Crippen molar-refractivity contribution in [3.8, 4) is 0 Å². The molecule has 1 aromatic heterocycles. The average molecular weight is 488 g/mol. The van der Waals surface area contributed by atoms with E-state index in [0.29, 0.717) is 61.7 Å². The summed E-state index contributed by atoms with van der Waals surface area (Å²) in [5.41, 5.74) is 2.19. The molecule has 0 N–H and O–H groups in total. The van der Waals surface area contributed by atoms with Gasteiger partial charge in [-0.1, -0.05) is 11.6 Å². The molecule has 0 aliphatic carbocycles. The Morgan fingerprint density at radius 2 is 1.85 bits per heavy atom. The zero-order valence-corrected chi connectivity index (χ0v) is 20.2. The van der Waals surface area contributed by atoms with Crippen LogP contribution in [-0.2, 0) is 11.2 Å². The highest BCUT2D eigenvalue weighted by molar-refractivity contribution is 6.31. The van der Waals surface area contributed by atoms with Crippen LogP contribution in [0, 0.1) is 5.82 Å². The van der Waals surface area contributed by atoms with Crippen molar-refractivity contribution >= 4 is 40.0 Å². The predicted octanol–water partition coefficient (Wildman–Crippen LogP) is 3.80. The molecular weight excluding hydrogens is 461 g/mol. The summed E-state index contributed by atoms with van der Waals surface area (Å²) < 4.78 is 25.2. The number of nitrogens with zero attached hydrogens (tertiary/aromatic N) is 3. The van der Waals surface area contributed by atoms with Crippen LogP contribution in [0.5, 0.6) is 0 Å². The van der Waals surface area contributed by atoms with Gasteiger partial charge in [0.25, 0.3) is 5.91 Å². The van der Waals surface area contributed by atoms with Crippen molar-refractivity contribution in [1.29, 1.82) is 0 Å². The number of amides is 1. The van der Waals surface area contributed by atoms with Crippen molar-refractivity contribution in [3.05, 3.63) is 68.6 Å². The molecule has 0 spiro atoms. The van der Waals surface area contributed by atoms with Gasteiger partial charge in [0.05, 0.1) is 23.6 Å². The average Bonchev–Trinajstić information content (AvgIpc) is 2.84. The molecule has 34 heavy (non-hydrogen) atoms. The lowest BCUT2D eigenvalue weighted by Crippen LogP contribution is -2.36. The van der Waals surface area contributed by atoms with E-state index in [1.165, 1.54) is 17.0 Å². The highest BCUT2D eigenvalue weighted by Gasteiger charge is 2.20. The second-order valence-electron chi connectivity index (χ2n) is 8.53. The Labute approximate surface area is 202 Å². The summed E-state index contributed by atoms with van der Waals surface area (Å²) in [6, 6.07) is 9.41. The second-order valence-corrected chi connectivity index (χ2v) is 8.94. The molecule has 7 nitrogen and oxygen atoms in total. The van der Waals surface area contributed by atoms with Gasteiger partial charge in [-0.2, -0.15) is 0 Å². The zero-order valence-electron chi connectivity index (χ0n) is 19.4. The molecule has 1 amide bonds. The van der Waals surface area contributed by atoms with Crippen molar-refractivity contribution in [3.63, 3.8) is 0 Å². The van der Waals surface area contributed by atoms with Gasteiger partial charge in [0.15, 0.2) is 11.3 Å². The third kappa shape index (κ3) is 5.03. The number of carbonyl (C=O) groups is 1. The van der Waals surface area contributed by atoms with Gasteiger partial charge in [0, 0.05) is 58.1 Å². The number of hydrogen-bond acceptors (Lipinski definition) is 6. The number of rotatable bonds is 6. The molecule has 0 saturated carbocycles. The summed E-state index contributed by atoms with van der Waals surface area (Å²) in [5.74, 6) is -0.178. The van der Waals surface area contributed by atoms with Crippen molar-refractivity contribution in [1.82, 2.24) is 4.90 Å². The highest BCUT2D eigenvalue weighted by atomic mass is 35.5. The largest absolute Gasteiger partial charge is 0.440 e. The summed E-state index contributed by atoms with van der Waals surface area (Å²) >= 11 is 5.94. The van der Waals surface area contributed by atoms with E-state index >= 15 is 0 Å². The number of halogens is 2. The summed E-state index contributed by atoms with van der Waals surface area (Å²) in [7, 11) is 5.21. The number of anilines is 2. The highest BCUT2D eigenvalue weighted by Crippen LogP contribution is 2.27. The van der Waals surface area contributed by atoms with E-state index in [1.807, 2.05) is 16.8 Å². The molecule has 1 saturated heterocycles. The number of benzene rings is 2. The van der Waals surface area contributed by atoms with E-state index in [1.54, 1.807) is 38.4 Å². The lowest BCUT2D eigenvalue weighted by molar-refractivity contribution is 0.0827. The maximum atomic E-state index is 13.6. The van der Waals surface area contributed by atoms with E-state index < -0.39 is 5.82 Å². The maximum Gasteiger partial charge on any atom is 0.253 e. The molecule has 2 heterocycles. The normalized spacial score (nSPS) is 13.9. The first-order valence-electron chi connectivity index (χ1n) is 11.1. The summed E-state index contributed by atoms with van der Waals surface area (Å²) in [4.78, 5) is 31.2. The molecule has 0 radical (unpaired) electrons. The smallest absolute Gasteiger partial charge is 0.253 e. The Hall–Kier alpha value is -3.10. The van der Waals surface area contributed by atoms with E-state index in [9.17, 15) is 14.0 Å². The minimum absolute atomic E-state index is 0.0505. The van der Waals surface area contributed by atoms with Crippen LogP contribution < -0.4 is 15.2 Å². The van der Waals surface area contributed by atoms with Crippen LogP contribution in [0.4, 0.5) is 16.0 Å². The van der Waals surface area contributed by atoms with Crippen molar-refractivity contribution < 1.29 is 18.3 Å². The molecule has 1 aliphatic heterocycles. The number of hydrogen-bond donors (Lipinski definition) is 0. The van der Waals surface area contributed by atoms with Crippen LogP contribution in [0.1, 0.15) is 15.9 Å². The zero-order chi connectivity index (χ0) is 24.4. The van der Waals surface area contributed by atoms with Gasteiger partial charge in [-0.05, 0) is 42.3 Å². The Morgan fingerprint density at radius 1 is 1.12 bits per heavy atom. The molecule has 2 aromatic carbocycles. The first kappa shape index (κ1) is 24.0. The molecule has 0 atom stereocenters. The van der Waals surface area contributed by atoms with Crippen LogP contribution in [-0.4, -0.2) is 64.8 Å². The standard InChI is InChI=1S/C25H27ClFN3O4/c1-28(2)25(32)17-12-16(6-7-29(3)18-4-5-21(27)20(26)14-18)24-19(13-17)22(31)15-23(34-24)30-8-10-33-11-9-30/h4-5,12-15H,6-11H2,1-3H3. The number of carbonyl (C=O) groups excluding carboxylic acids is 1. The molecule has 1 fully saturated rings. The van der Waals surface area contributed by atoms with Gasteiger partial charge in [-0.15, -0.1) is 0 Å². The van der Waals surface area contributed by atoms with Crippen LogP contribution in [0.25, 0.3) is 11.0 Å². The fourth-order valence-corrected chi connectivity index (χ4v) is 4.14. The molecule has 9 heteroatoms. The third-order valence-corrected chi connectivity index (χ3v) is 6.22. The van der Waals surface area contributed by atoms with Gasteiger partial charge in [0.1, 0.15) is 11.4 Å². The van der Waals surface area contributed by atoms with Crippen LogP contribution in [0.15, 0.2) is 45.6 Å². The topological polar surface area (TPSA) is 66.2 Å². The first-order valence-corrected chi connectivity index (χ1v) is 11.4.